The number of nitrogens with zero attached hydrogens (tertiary/aromatic N) is 2. The van der Waals surface area contributed by atoms with E-state index in [-0.39, 0.29) is 48.3 Å². The number of amides is 3. The molecule has 0 aromatic heterocycles. The maximum Gasteiger partial charge on any atom is 0.335 e. The molecule has 12 heteroatoms. The van der Waals surface area contributed by atoms with Gasteiger partial charge in [0, 0.05) is 43.5 Å². The SMILES string of the molecule is C[C@@H]1CCCCO[C@H](CN(C)Cc2ccc(C(=O)O)cc2)[C@H](C)CN([C@@H](C)CO)C(=O)c2cc(NC(=O)Nc3ccc(F)cc3)ccc2O1. The Balaban J connectivity index is 1.56. The lowest BCUT2D eigenvalue weighted by Gasteiger charge is -2.36. The van der Waals surface area contributed by atoms with Crippen LogP contribution in [0, 0.1) is 11.7 Å². The number of halogens is 1. The second kappa shape index (κ2) is 17.8. The summed E-state index contributed by atoms with van der Waals surface area (Å²) in [6.45, 7) is 7.44. The Kier molecular flexibility index (Phi) is 13.5. The van der Waals surface area contributed by atoms with Gasteiger partial charge in [0.15, 0.2) is 0 Å². The molecule has 0 aliphatic carbocycles. The average Bonchev–Trinajstić information content (AvgIpc) is 3.07. The summed E-state index contributed by atoms with van der Waals surface area (Å²) in [7, 11) is 1.97. The molecule has 1 aliphatic heterocycles. The Morgan fingerprint density at radius 3 is 2.37 bits per heavy atom. The zero-order chi connectivity index (χ0) is 35.5. The Morgan fingerprint density at radius 2 is 1.69 bits per heavy atom. The van der Waals surface area contributed by atoms with E-state index in [0.29, 0.717) is 36.8 Å². The van der Waals surface area contributed by atoms with Crippen LogP contribution in [0.3, 0.4) is 0 Å². The number of carbonyl (C=O) groups excluding carboxylic acids is 2. The standard InChI is InChI=1S/C37H47FN4O7/c1-24-20-42(25(2)23-43)35(44)32-19-31(40-37(47)39-30-14-12-29(38)13-15-30)16-17-33(32)49-26(3)7-5-6-18-48-34(24)22-41(4)21-27-8-10-28(11-9-27)36(45)46/h8-17,19,24-26,34,43H,5-7,18,20-23H2,1-4H3,(H,45,46)(H2,39,40,47)/t24-,25+,26-,34-/m1/s1. The van der Waals surface area contributed by atoms with Crippen molar-refractivity contribution in [3.8, 4) is 5.75 Å². The second-order valence-electron chi connectivity index (χ2n) is 12.8. The molecule has 264 valence electrons. The largest absolute Gasteiger partial charge is 0.490 e. The molecule has 0 saturated heterocycles. The predicted molar refractivity (Wildman–Crippen MR) is 186 cm³/mol. The Morgan fingerprint density at radius 1 is 1.02 bits per heavy atom. The van der Waals surface area contributed by atoms with E-state index in [1.165, 1.54) is 24.3 Å². The number of likely N-dealkylation sites (N-methyl/N-ethyl adjacent to an activating group) is 1. The van der Waals surface area contributed by atoms with Gasteiger partial charge in [0.05, 0.1) is 36.0 Å². The molecule has 0 unspecified atom stereocenters. The van der Waals surface area contributed by atoms with Gasteiger partial charge in [-0.2, -0.15) is 0 Å². The number of benzene rings is 3. The lowest BCUT2D eigenvalue weighted by molar-refractivity contribution is -0.0177. The number of carbonyl (C=O) groups is 3. The van der Waals surface area contributed by atoms with Gasteiger partial charge in [-0.1, -0.05) is 19.1 Å². The highest BCUT2D eigenvalue weighted by Crippen LogP contribution is 2.29. The topological polar surface area (TPSA) is 141 Å². The number of rotatable bonds is 9. The number of anilines is 2. The summed E-state index contributed by atoms with van der Waals surface area (Å²) in [6.07, 6.45) is 1.97. The molecule has 4 atom stereocenters. The normalized spacial score (nSPS) is 19.7. The van der Waals surface area contributed by atoms with Crippen LogP contribution in [0.2, 0.25) is 0 Å². The van der Waals surface area contributed by atoms with Gasteiger partial charge < -0.3 is 35.2 Å². The number of carboxylic acid groups (broad SMARTS) is 1. The lowest BCUT2D eigenvalue weighted by Crippen LogP contribution is -2.47. The van der Waals surface area contributed by atoms with Crippen molar-refractivity contribution in [3.05, 3.63) is 89.2 Å². The lowest BCUT2D eigenvalue weighted by atomic mass is 10.0. The highest BCUT2D eigenvalue weighted by atomic mass is 19.1. The zero-order valence-corrected chi connectivity index (χ0v) is 28.5. The third-order valence-corrected chi connectivity index (χ3v) is 8.56. The molecule has 4 N–H and O–H groups in total. The van der Waals surface area contributed by atoms with Crippen molar-refractivity contribution in [2.75, 3.05) is 44.0 Å². The van der Waals surface area contributed by atoms with E-state index < -0.39 is 23.9 Å². The number of hydrogen-bond donors (Lipinski definition) is 4. The number of aromatic carboxylic acids is 1. The maximum absolute atomic E-state index is 14.3. The van der Waals surface area contributed by atoms with Crippen LogP contribution in [0.25, 0.3) is 0 Å². The summed E-state index contributed by atoms with van der Waals surface area (Å²) in [4.78, 5) is 42.1. The third-order valence-electron chi connectivity index (χ3n) is 8.56. The fourth-order valence-electron chi connectivity index (χ4n) is 5.73. The van der Waals surface area contributed by atoms with Gasteiger partial charge in [-0.05, 0) is 100 Å². The smallest absolute Gasteiger partial charge is 0.335 e. The fraction of sp³-hybridized carbons (Fsp3) is 0.432. The molecule has 11 nitrogen and oxygen atoms in total. The summed E-state index contributed by atoms with van der Waals surface area (Å²) in [6, 6.07) is 16.0. The predicted octanol–water partition coefficient (Wildman–Crippen LogP) is 6.10. The Hall–Kier alpha value is -4.52. The number of aliphatic hydroxyl groups is 1. The third kappa shape index (κ3) is 11.0. The molecule has 1 aliphatic rings. The fourth-order valence-corrected chi connectivity index (χ4v) is 5.73. The van der Waals surface area contributed by atoms with E-state index in [9.17, 15) is 29.0 Å². The summed E-state index contributed by atoms with van der Waals surface area (Å²) in [5, 5.41) is 24.8. The molecule has 0 fully saturated rings. The van der Waals surface area contributed by atoms with Crippen LogP contribution in [0.5, 0.6) is 5.75 Å². The van der Waals surface area contributed by atoms with Crippen LogP contribution >= 0.6 is 0 Å². The molecular weight excluding hydrogens is 631 g/mol. The van der Waals surface area contributed by atoms with E-state index in [0.717, 1.165) is 24.8 Å². The summed E-state index contributed by atoms with van der Waals surface area (Å²) in [5.74, 6) is -1.51. The number of urea groups is 1. The molecule has 0 bridgehead atoms. The van der Waals surface area contributed by atoms with E-state index in [2.05, 4.69) is 15.5 Å². The molecule has 0 saturated carbocycles. The first kappa shape index (κ1) is 37.3. The van der Waals surface area contributed by atoms with Crippen molar-refractivity contribution >= 4 is 29.3 Å². The minimum Gasteiger partial charge on any atom is -0.490 e. The van der Waals surface area contributed by atoms with Crippen LogP contribution in [-0.4, -0.2) is 89.5 Å². The van der Waals surface area contributed by atoms with Crippen molar-refractivity contribution in [1.29, 1.82) is 0 Å². The van der Waals surface area contributed by atoms with Crippen molar-refractivity contribution in [1.82, 2.24) is 9.80 Å². The first-order chi connectivity index (χ1) is 23.4. The number of fused-ring (bicyclic) bond motifs is 1. The monoisotopic (exact) mass is 678 g/mol. The molecule has 49 heavy (non-hydrogen) atoms. The maximum atomic E-state index is 14.3. The number of hydrogen-bond acceptors (Lipinski definition) is 7. The number of ether oxygens (including phenoxy) is 2. The van der Waals surface area contributed by atoms with E-state index >= 15 is 0 Å². The number of aliphatic hydroxyl groups excluding tert-OH is 1. The molecule has 3 aromatic rings. The van der Waals surface area contributed by atoms with Crippen molar-refractivity contribution in [2.45, 2.75) is 64.8 Å². The van der Waals surface area contributed by atoms with Gasteiger partial charge in [0.2, 0.25) is 0 Å². The molecule has 0 spiro atoms. The first-order valence-electron chi connectivity index (χ1n) is 16.6. The van der Waals surface area contributed by atoms with Crippen molar-refractivity contribution < 1.29 is 38.5 Å². The Labute approximate surface area is 287 Å². The van der Waals surface area contributed by atoms with E-state index in [4.69, 9.17) is 9.47 Å². The van der Waals surface area contributed by atoms with Gasteiger partial charge in [0.1, 0.15) is 11.6 Å². The average molecular weight is 679 g/mol. The highest BCUT2D eigenvalue weighted by molar-refractivity contribution is 6.02. The van der Waals surface area contributed by atoms with Gasteiger partial charge in [-0.15, -0.1) is 0 Å². The summed E-state index contributed by atoms with van der Waals surface area (Å²) >= 11 is 0. The van der Waals surface area contributed by atoms with Crippen LogP contribution in [-0.2, 0) is 11.3 Å². The van der Waals surface area contributed by atoms with Gasteiger partial charge in [-0.3, -0.25) is 9.69 Å². The van der Waals surface area contributed by atoms with E-state index in [1.807, 2.05) is 20.9 Å². The number of nitrogens with one attached hydrogen (secondary N) is 2. The summed E-state index contributed by atoms with van der Waals surface area (Å²) in [5.41, 5.74) is 2.20. The van der Waals surface area contributed by atoms with Gasteiger partial charge in [0.25, 0.3) is 5.91 Å². The minimum absolute atomic E-state index is 0.135. The van der Waals surface area contributed by atoms with Crippen LogP contribution in [0.4, 0.5) is 20.6 Å². The minimum atomic E-state index is -0.971. The van der Waals surface area contributed by atoms with Crippen LogP contribution < -0.4 is 15.4 Å². The second-order valence-corrected chi connectivity index (χ2v) is 12.8. The zero-order valence-electron chi connectivity index (χ0n) is 28.5. The Bertz CT molecular complexity index is 1550. The van der Waals surface area contributed by atoms with Crippen molar-refractivity contribution in [3.63, 3.8) is 0 Å². The quantitative estimate of drug-likeness (QED) is 0.213. The molecule has 1 heterocycles. The molecule has 3 amide bonds. The summed E-state index contributed by atoms with van der Waals surface area (Å²) < 4.78 is 26.0. The van der Waals surface area contributed by atoms with E-state index in [1.54, 1.807) is 54.3 Å². The molecule has 0 radical (unpaired) electrons. The molecular formula is C37H47FN4O7. The van der Waals surface area contributed by atoms with Crippen LogP contribution in [0.15, 0.2) is 66.7 Å². The number of carboxylic acids is 1. The molecule has 3 aromatic carbocycles. The van der Waals surface area contributed by atoms with Crippen molar-refractivity contribution in [2.24, 2.45) is 5.92 Å². The van der Waals surface area contributed by atoms with Gasteiger partial charge >= 0.3 is 12.0 Å². The first-order valence-corrected chi connectivity index (χ1v) is 16.6. The van der Waals surface area contributed by atoms with Gasteiger partial charge in [-0.25, -0.2) is 14.0 Å². The molecule has 4 rings (SSSR count). The highest BCUT2D eigenvalue weighted by Gasteiger charge is 2.30. The van der Waals surface area contributed by atoms with Crippen LogP contribution in [0.1, 0.15) is 66.3 Å².